The van der Waals surface area contributed by atoms with Gasteiger partial charge in [-0.25, -0.2) is 0 Å². The number of hydrogen-bond donors (Lipinski definition) is 0. The monoisotopic (exact) mass is 676 g/mol. The maximum Gasteiger partial charge on any atom is 0.167 e. The number of ketones is 2. The van der Waals surface area contributed by atoms with E-state index in [1.807, 2.05) is 48.5 Å². The number of hydrogen-bond acceptors (Lipinski definition) is 6. The van der Waals surface area contributed by atoms with Gasteiger partial charge in [0.25, 0.3) is 0 Å². The summed E-state index contributed by atoms with van der Waals surface area (Å²) in [7, 11) is 0. The van der Waals surface area contributed by atoms with Gasteiger partial charge in [0.1, 0.15) is 11.5 Å². The van der Waals surface area contributed by atoms with Crippen molar-refractivity contribution in [1.82, 2.24) is 9.80 Å². The Bertz CT molecular complexity index is 1030. The van der Waals surface area contributed by atoms with Crippen molar-refractivity contribution in [3.05, 3.63) is 59.7 Å². The Kier molecular flexibility index (Phi) is 19.5. The molecule has 2 aromatic rings. The molecule has 2 atom stereocenters. The van der Waals surface area contributed by atoms with Gasteiger partial charge in [0.15, 0.2) is 11.6 Å². The van der Waals surface area contributed by atoms with Gasteiger partial charge in [0.2, 0.25) is 0 Å². The van der Waals surface area contributed by atoms with Crippen LogP contribution in [0.5, 0.6) is 11.5 Å². The molecule has 0 aromatic heterocycles. The topological polar surface area (TPSA) is 59.1 Å². The number of carbonyl (C=O) groups is 2. The van der Waals surface area contributed by atoms with Crippen LogP contribution in [0.3, 0.4) is 0 Å². The van der Waals surface area contributed by atoms with E-state index in [2.05, 4.69) is 23.6 Å². The molecular formula is C38H58Cl2N2O4. The van der Waals surface area contributed by atoms with Gasteiger partial charge in [-0.2, -0.15) is 0 Å². The molecule has 0 N–H and O–H groups in total. The van der Waals surface area contributed by atoms with Crippen LogP contribution in [-0.2, 0) is 0 Å². The summed E-state index contributed by atoms with van der Waals surface area (Å²) in [6, 6.07) is 15.5. The molecule has 2 aliphatic heterocycles. The number of ether oxygens (including phenoxy) is 2. The van der Waals surface area contributed by atoms with Crippen LogP contribution >= 0.6 is 24.8 Å². The highest BCUT2D eigenvalue weighted by Gasteiger charge is 2.26. The van der Waals surface area contributed by atoms with E-state index in [1.54, 1.807) is 0 Å². The highest BCUT2D eigenvalue weighted by atomic mass is 35.5. The van der Waals surface area contributed by atoms with Crippen LogP contribution in [0.4, 0.5) is 0 Å². The lowest BCUT2D eigenvalue weighted by Gasteiger charge is -2.31. The van der Waals surface area contributed by atoms with Crippen LogP contribution in [0, 0.1) is 11.8 Å². The second-order valence-corrected chi connectivity index (χ2v) is 12.9. The predicted octanol–water partition coefficient (Wildman–Crippen LogP) is 8.94. The highest BCUT2D eigenvalue weighted by molar-refractivity contribution is 5.98. The Balaban J connectivity index is 0.00000368. The van der Waals surface area contributed by atoms with Crippen LogP contribution in [0.2, 0.25) is 0 Å². The van der Waals surface area contributed by atoms with Crippen molar-refractivity contribution >= 4 is 36.4 Å². The lowest BCUT2D eigenvalue weighted by Crippen LogP contribution is -2.37. The van der Waals surface area contributed by atoms with Crippen molar-refractivity contribution in [3.63, 3.8) is 0 Å². The Morgan fingerprint density at radius 1 is 0.587 bits per heavy atom. The van der Waals surface area contributed by atoms with Crippen molar-refractivity contribution in [1.29, 1.82) is 0 Å². The van der Waals surface area contributed by atoms with Gasteiger partial charge in [-0.3, -0.25) is 9.59 Å². The fourth-order valence-corrected chi connectivity index (χ4v) is 6.64. The third-order valence-corrected chi connectivity index (χ3v) is 9.17. The Hall–Kier alpha value is -2.12. The first-order chi connectivity index (χ1) is 21.6. The predicted molar refractivity (Wildman–Crippen MR) is 194 cm³/mol. The van der Waals surface area contributed by atoms with Crippen molar-refractivity contribution in [2.75, 3.05) is 52.5 Å². The van der Waals surface area contributed by atoms with E-state index in [4.69, 9.17) is 9.47 Å². The molecule has 2 saturated heterocycles. The molecule has 46 heavy (non-hydrogen) atoms. The standard InChI is InChI=1S/C38H56N2O4.2ClH/c1-3-27-43-35-19-15-31(16-20-35)37(41)33(29-39-23-9-5-10-24-39)13-7-8-14-34(30-40-25-11-6-12-26-40)38(42)32-17-21-36(22-18-32)44-28-4-2;;/h15-22,33-34H,3-14,23-30H2,1-2H3;2*1H. The average Bonchev–Trinajstić information content (AvgIpc) is 3.08. The molecule has 4 rings (SSSR count). The van der Waals surface area contributed by atoms with Gasteiger partial charge in [0.05, 0.1) is 13.2 Å². The molecule has 8 heteroatoms. The number of benzene rings is 2. The molecule has 6 nitrogen and oxygen atoms in total. The molecule has 0 spiro atoms. The van der Waals surface area contributed by atoms with Gasteiger partial charge in [-0.15, -0.1) is 24.8 Å². The Morgan fingerprint density at radius 3 is 1.26 bits per heavy atom. The van der Waals surface area contributed by atoms with Crippen molar-refractivity contribution in [2.45, 2.75) is 90.9 Å². The first-order valence-electron chi connectivity index (χ1n) is 17.6. The molecule has 258 valence electrons. The second kappa shape index (κ2) is 22.4. The van der Waals surface area contributed by atoms with Gasteiger partial charge in [0, 0.05) is 36.1 Å². The maximum absolute atomic E-state index is 13.8. The van der Waals surface area contributed by atoms with Crippen LogP contribution in [0.1, 0.15) is 112 Å². The quantitative estimate of drug-likeness (QED) is 0.109. The van der Waals surface area contributed by atoms with E-state index in [9.17, 15) is 9.59 Å². The largest absolute Gasteiger partial charge is 0.494 e. The molecule has 0 aliphatic carbocycles. The van der Waals surface area contributed by atoms with E-state index in [0.29, 0.717) is 13.2 Å². The van der Waals surface area contributed by atoms with Crippen LogP contribution in [0.15, 0.2) is 48.5 Å². The summed E-state index contributed by atoms with van der Waals surface area (Å²) >= 11 is 0. The van der Waals surface area contributed by atoms with Crippen LogP contribution < -0.4 is 9.47 Å². The molecule has 0 saturated carbocycles. The van der Waals surface area contributed by atoms with Crippen molar-refractivity contribution < 1.29 is 19.1 Å². The number of Topliss-reactive ketones (excluding diaryl/α,β-unsaturated/α-hetero) is 2. The van der Waals surface area contributed by atoms with E-state index in [-0.39, 0.29) is 48.2 Å². The maximum atomic E-state index is 13.8. The van der Waals surface area contributed by atoms with Crippen LogP contribution in [-0.4, -0.2) is 73.8 Å². The third-order valence-electron chi connectivity index (χ3n) is 9.17. The first kappa shape index (κ1) is 40.1. The van der Waals surface area contributed by atoms with Gasteiger partial charge in [-0.1, -0.05) is 39.5 Å². The zero-order valence-electron chi connectivity index (χ0n) is 28.3. The fraction of sp³-hybridized carbons (Fsp3) is 0.632. The summed E-state index contributed by atoms with van der Waals surface area (Å²) in [5.41, 5.74) is 1.56. The number of unbranched alkanes of at least 4 members (excludes halogenated alkanes) is 1. The number of likely N-dealkylation sites (tertiary alicyclic amines) is 2. The zero-order valence-corrected chi connectivity index (χ0v) is 29.9. The smallest absolute Gasteiger partial charge is 0.167 e. The van der Waals surface area contributed by atoms with Crippen LogP contribution in [0.25, 0.3) is 0 Å². The van der Waals surface area contributed by atoms with Crippen molar-refractivity contribution in [3.8, 4) is 11.5 Å². The minimum absolute atomic E-state index is 0. The van der Waals surface area contributed by atoms with Gasteiger partial charge >= 0.3 is 0 Å². The average molecular weight is 678 g/mol. The SMILES string of the molecule is CCCOc1ccc(C(=O)C(CCCCC(CN2CCCCC2)C(=O)c2ccc(OCCC)cc2)CN2CCCCC2)cc1.Cl.Cl. The molecule has 2 fully saturated rings. The third kappa shape index (κ3) is 13.2. The molecule has 2 aromatic carbocycles. The van der Waals surface area contributed by atoms with E-state index in [1.165, 1.54) is 38.5 Å². The van der Waals surface area contributed by atoms with Gasteiger partial charge < -0.3 is 19.3 Å². The minimum Gasteiger partial charge on any atom is -0.494 e. The number of halogens is 2. The number of rotatable bonds is 19. The minimum atomic E-state index is -0.0255. The number of nitrogens with zero attached hydrogens (tertiary/aromatic N) is 2. The van der Waals surface area contributed by atoms with Crippen molar-refractivity contribution in [2.24, 2.45) is 11.8 Å². The summed E-state index contributed by atoms with van der Waals surface area (Å²) in [6.45, 7) is 11.6. The molecule has 0 amide bonds. The number of piperidine rings is 2. The highest BCUT2D eigenvalue weighted by Crippen LogP contribution is 2.25. The summed E-state index contributed by atoms with van der Waals surface area (Å²) in [5.74, 6) is 2.07. The fourth-order valence-electron chi connectivity index (χ4n) is 6.64. The van der Waals surface area contributed by atoms with E-state index in [0.717, 1.165) is 100 Å². The molecule has 0 radical (unpaired) electrons. The normalized spacial score (nSPS) is 16.8. The Morgan fingerprint density at radius 2 is 0.935 bits per heavy atom. The zero-order chi connectivity index (χ0) is 31.0. The molecule has 2 heterocycles. The summed E-state index contributed by atoms with van der Waals surface area (Å²) in [5, 5.41) is 0. The molecule has 2 unspecified atom stereocenters. The van der Waals surface area contributed by atoms with E-state index >= 15 is 0 Å². The van der Waals surface area contributed by atoms with E-state index < -0.39 is 0 Å². The lowest BCUT2D eigenvalue weighted by molar-refractivity contribution is 0.0833. The molecule has 2 aliphatic rings. The first-order valence-corrected chi connectivity index (χ1v) is 17.6. The summed E-state index contributed by atoms with van der Waals surface area (Å²) in [4.78, 5) is 32.5. The summed E-state index contributed by atoms with van der Waals surface area (Å²) < 4.78 is 11.5. The number of carbonyl (C=O) groups excluding carboxylic acids is 2. The molecular weight excluding hydrogens is 619 g/mol. The second-order valence-electron chi connectivity index (χ2n) is 12.9. The lowest BCUT2D eigenvalue weighted by atomic mass is 9.88. The molecule has 0 bridgehead atoms. The Labute approximate surface area is 290 Å². The summed E-state index contributed by atoms with van der Waals surface area (Å²) in [6.07, 6.45) is 13.0. The van der Waals surface area contributed by atoms with Gasteiger partial charge in [-0.05, 0) is 126 Å².